The molecule has 0 fully saturated rings. The predicted molar refractivity (Wildman–Crippen MR) is 77.2 cm³/mol. The standard InChI is InChI=1S/C15H13ClF3NO/c1-2-9-4-3-5-11(15(17,18)19)14(9)20-12-8-10(16)6-7-13(12)21/h3-8,20-21H,2H2,1H3. The normalized spacial score (nSPS) is 11.5. The lowest BCUT2D eigenvalue weighted by molar-refractivity contribution is -0.137. The molecule has 2 aromatic rings. The molecule has 0 spiro atoms. The summed E-state index contributed by atoms with van der Waals surface area (Å²) in [7, 11) is 0. The van der Waals surface area contributed by atoms with Gasteiger partial charge in [0.15, 0.2) is 0 Å². The molecule has 2 rings (SSSR count). The first-order chi connectivity index (χ1) is 9.82. The van der Waals surface area contributed by atoms with Crippen LogP contribution in [0.3, 0.4) is 0 Å². The van der Waals surface area contributed by atoms with Crippen LogP contribution in [-0.2, 0) is 12.6 Å². The van der Waals surface area contributed by atoms with Crippen molar-refractivity contribution in [2.75, 3.05) is 5.32 Å². The summed E-state index contributed by atoms with van der Waals surface area (Å²) in [6, 6.07) is 8.14. The van der Waals surface area contributed by atoms with E-state index >= 15 is 0 Å². The number of anilines is 2. The minimum Gasteiger partial charge on any atom is -0.506 e. The molecule has 0 saturated heterocycles. The lowest BCUT2D eigenvalue weighted by Gasteiger charge is -2.18. The van der Waals surface area contributed by atoms with Gasteiger partial charge >= 0.3 is 6.18 Å². The lowest BCUT2D eigenvalue weighted by atomic mass is 10.0. The van der Waals surface area contributed by atoms with E-state index < -0.39 is 11.7 Å². The van der Waals surface area contributed by atoms with Crippen LogP contribution in [0.15, 0.2) is 36.4 Å². The Morgan fingerprint density at radius 3 is 2.52 bits per heavy atom. The Morgan fingerprint density at radius 2 is 1.90 bits per heavy atom. The van der Waals surface area contributed by atoms with E-state index in [9.17, 15) is 18.3 Å². The SMILES string of the molecule is CCc1cccc(C(F)(F)F)c1Nc1cc(Cl)ccc1O. The minimum atomic E-state index is -4.48. The zero-order valence-corrected chi connectivity index (χ0v) is 11.9. The highest BCUT2D eigenvalue weighted by atomic mass is 35.5. The molecule has 112 valence electrons. The van der Waals surface area contributed by atoms with Crippen LogP contribution in [0.4, 0.5) is 24.5 Å². The molecular formula is C15H13ClF3NO. The molecule has 0 aliphatic heterocycles. The molecule has 0 amide bonds. The first-order valence-corrected chi connectivity index (χ1v) is 6.65. The zero-order chi connectivity index (χ0) is 15.6. The molecule has 6 heteroatoms. The number of aromatic hydroxyl groups is 1. The summed E-state index contributed by atoms with van der Waals surface area (Å²) < 4.78 is 39.4. The second kappa shape index (κ2) is 5.85. The molecule has 0 aliphatic rings. The van der Waals surface area contributed by atoms with Crippen molar-refractivity contribution in [3.05, 3.63) is 52.5 Å². The summed E-state index contributed by atoms with van der Waals surface area (Å²) in [6.07, 6.45) is -4.06. The average molecular weight is 316 g/mol. The van der Waals surface area contributed by atoms with Gasteiger partial charge in [0.2, 0.25) is 0 Å². The summed E-state index contributed by atoms with van der Waals surface area (Å²) in [5.74, 6) is -0.168. The molecule has 2 nitrogen and oxygen atoms in total. The largest absolute Gasteiger partial charge is 0.506 e. The smallest absolute Gasteiger partial charge is 0.418 e. The number of hydrogen-bond acceptors (Lipinski definition) is 2. The maximum absolute atomic E-state index is 13.1. The van der Waals surface area contributed by atoms with Gasteiger partial charge in [0.25, 0.3) is 0 Å². The minimum absolute atomic E-state index is 0.0648. The topological polar surface area (TPSA) is 32.3 Å². The van der Waals surface area contributed by atoms with E-state index in [2.05, 4.69) is 5.32 Å². The first kappa shape index (κ1) is 15.5. The van der Waals surface area contributed by atoms with Crippen LogP contribution in [0.1, 0.15) is 18.1 Å². The van der Waals surface area contributed by atoms with Crippen LogP contribution >= 0.6 is 11.6 Å². The van der Waals surface area contributed by atoms with Crippen LogP contribution in [-0.4, -0.2) is 5.11 Å². The number of halogens is 4. The van der Waals surface area contributed by atoms with Crippen molar-refractivity contribution in [3.8, 4) is 5.75 Å². The fourth-order valence-electron chi connectivity index (χ4n) is 2.02. The summed E-state index contributed by atoms with van der Waals surface area (Å²) in [4.78, 5) is 0. The van der Waals surface area contributed by atoms with Crippen LogP contribution in [0.5, 0.6) is 5.75 Å². The van der Waals surface area contributed by atoms with Gasteiger partial charge in [-0.3, -0.25) is 0 Å². The van der Waals surface area contributed by atoms with Gasteiger partial charge in [-0.2, -0.15) is 13.2 Å². The van der Waals surface area contributed by atoms with Gasteiger partial charge in [0.05, 0.1) is 16.9 Å². The average Bonchev–Trinajstić information content (AvgIpc) is 2.42. The van der Waals surface area contributed by atoms with E-state index in [0.717, 1.165) is 6.07 Å². The van der Waals surface area contributed by atoms with Gasteiger partial charge in [-0.25, -0.2) is 0 Å². The molecule has 0 atom stereocenters. The third-order valence-corrected chi connectivity index (χ3v) is 3.29. The Hall–Kier alpha value is -1.88. The quantitative estimate of drug-likeness (QED) is 0.746. The highest BCUT2D eigenvalue weighted by Gasteiger charge is 2.34. The number of alkyl halides is 3. The fourth-order valence-corrected chi connectivity index (χ4v) is 2.19. The van der Waals surface area contributed by atoms with Gasteiger partial charge < -0.3 is 10.4 Å². The van der Waals surface area contributed by atoms with Crippen LogP contribution < -0.4 is 5.32 Å². The summed E-state index contributed by atoms with van der Waals surface area (Å²) in [5.41, 5.74) is -0.204. The van der Waals surface area contributed by atoms with Crippen LogP contribution in [0.2, 0.25) is 5.02 Å². The van der Waals surface area contributed by atoms with E-state index in [1.165, 1.54) is 24.3 Å². The van der Waals surface area contributed by atoms with Gasteiger partial charge in [-0.05, 0) is 36.2 Å². The summed E-state index contributed by atoms with van der Waals surface area (Å²) in [6.45, 7) is 1.76. The van der Waals surface area contributed by atoms with Crippen molar-refractivity contribution in [2.24, 2.45) is 0 Å². The Balaban J connectivity index is 2.54. The number of hydrogen-bond donors (Lipinski definition) is 2. The molecule has 0 bridgehead atoms. The van der Waals surface area contributed by atoms with Gasteiger partial charge in [-0.15, -0.1) is 0 Å². The Kier molecular flexibility index (Phi) is 4.32. The first-order valence-electron chi connectivity index (χ1n) is 6.27. The molecule has 0 saturated carbocycles. The second-order valence-corrected chi connectivity index (χ2v) is 4.91. The number of para-hydroxylation sites is 1. The summed E-state index contributed by atoms with van der Waals surface area (Å²) >= 11 is 5.81. The number of nitrogens with one attached hydrogen (secondary N) is 1. The third kappa shape index (κ3) is 3.42. The van der Waals surface area contributed by atoms with Crippen LogP contribution in [0.25, 0.3) is 0 Å². The predicted octanol–water partition coefficient (Wildman–Crippen LogP) is 5.37. The van der Waals surface area contributed by atoms with Crippen molar-refractivity contribution in [1.82, 2.24) is 0 Å². The van der Waals surface area contributed by atoms with E-state index in [1.54, 1.807) is 13.0 Å². The zero-order valence-electron chi connectivity index (χ0n) is 11.1. The highest BCUT2D eigenvalue weighted by Crippen LogP contribution is 2.40. The second-order valence-electron chi connectivity index (χ2n) is 4.48. The third-order valence-electron chi connectivity index (χ3n) is 3.06. The van der Waals surface area contributed by atoms with Crippen molar-refractivity contribution >= 4 is 23.0 Å². The molecule has 0 radical (unpaired) electrons. The molecule has 2 aromatic carbocycles. The maximum atomic E-state index is 13.1. The van der Waals surface area contributed by atoms with Crippen molar-refractivity contribution in [1.29, 1.82) is 0 Å². The molecular weight excluding hydrogens is 303 g/mol. The number of phenols is 1. The Bertz CT molecular complexity index is 656. The lowest BCUT2D eigenvalue weighted by Crippen LogP contribution is -2.10. The molecule has 0 heterocycles. The van der Waals surface area contributed by atoms with E-state index in [4.69, 9.17) is 11.6 Å². The summed E-state index contributed by atoms with van der Waals surface area (Å²) in [5, 5.41) is 12.7. The van der Waals surface area contributed by atoms with E-state index in [0.29, 0.717) is 17.0 Å². The van der Waals surface area contributed by atoms with E-state index in [-0.39, 0.29) is 17.1 Å². The van der Waals surface area contributed by atoms with Crippen molar-refractivity contribution < 1.29 is 18.3 Å². The van der Waals surface area contributed by atoms with Gasteiger partial charge in [0.1, 0.15) is 5.75 Å². The molecule has 2 N–H and O–H groups in total. The molecule has 0 aromatic heterocycles. The molecule has 21 heavy (non-hydrogen) atoms. The van der Waals surface area contributed by atoms with Gasteiger partial charge in [-0.1, -0.05) is 30.7 Å². The monoisotopic (exact) mass is 315 g/mol. The number of phenolic OH excluding ortho intramolecular Hbond substituents is 1. The van der Waals surface area contributed by atoms with Crippen molar-refractivity contribution in [2.45, 2.75) is 19.5 Å². The van der Waals surface area contributed by atoms with Crippen molar-refractivity contribution in [3.63, 3.8) is 0 Å². The molecule has 0 aliphatic carbocycles. The van der Waals surface area contributed by atoms with Crippen LogP contribution in [0, 0.1) is 0 Å². The fraction of sp³-hybridized carbons (Fsp3) is 0.200. The number of rotatable bonds is 3. The maximum Gasteiger partial charge on any atom is 0.418 e. The molecule has 0 unspecified atom stereocenters. The van der Waals surface area contributed by atoms with Gasteiger partial charge in [0, 0.05) is 5.02 Å². The number of aryl methyl sites for hydroxylation is 1. The highest BCUT2D eigenvalue weighted by molar-refractivity contribution is 6.31. The Labute approximate surface area is 125 Å². The Morgan fingerprint density at radius 1 is 1.19 bits per heavy atom. The van der Waals surface area contributed by atoms with E-state index in [1.807, 2.05) is 0 Å². The number of benzene rings is 2.